The van der Waals surface area contributed by atoms with E-state index in [4.69, 9.17) is 32.8 Å². The molecule has 0 radical (unpaired) electrons. The van der Waals surface area contributed by atoms with Crippen LogP contribution in [0.2, 0.25) is 0 Å². The second kappa shape index (κ2) is 16.3. The lowest BCUT2D eigenvalue weighted by molar-refractivity contribution is -0.346. The predicted molar refractivity (Wildman–Crippen MR) is 210 cm³/mol. The van der Waals surface area contributed by atoms with E-state index in [2.05, 4.69) is 5.32 Å². The van der Waals surface area contributed by atoms with Crippen LogP contribution in [-0.2, 0) is 47.6 Å². The van der Waals surface area contributed by atoms with Gasteiger partial charge in [0.05, 0.1) is 29.8 Å². The number of esters is 4. The Morgan fingerprint density at radius 2 is 1.67 bits per heavy atom. The number of amides is 1. The zero-order valence-corrected chi connectivity index (χ0v) is 35.7. The molecule has 1 aromatic heterocycles. The summed E-state index contributed by atoms with van der Waals surface area (Å²) in [6.45, 7) is 13.2. The molecule has 1 aliphatic heterocycles. The van der Waals surface area contributed by atoms with Crippen LogP contribution in [0, 0.1) is 16.7 Å². The van der Waals surface area contributed by atoms with E-state index in [1.54, 1.807) is 45.9 Å². The predicted octanol–water partition coefficient (Wildman–Crippen LogP) is 3.81. The topological polar surface area (TPSA) is 244 Å². The molecule has 2 aromatic rings. The summed E-state index contributed by atoms with van der Waals surface area (Å²) in [5, 5.41) is 40.0. The molecule has 4 N–H and O–H groups in total. The van der Waals surface area contributed by atoms with Crippen molar-refractivity contribution in [2.75, 3.05) is 6.61 Å². The second-order valence-corrected chi connectivity index (χ2v) is 18.0. The van der Waals surface area contributed by atoms with E-state index in [1.807, 2.05) is 0 Å². The second-order valence-electron chi connectivity index (χ2n) is 18.0. The van der Waals surface area contributed by atoms with Crippen LogP contribution in [0.5, 0.6) is 0 Å². The number of hydrogen-bond acceptors (Lipinski definition) is 16. The van der Waals surface area contributed by atoms with Gasteiger partial charge < -0.3 is 53.5 Å². The lowest BCUT2D eigenvalue weighted by Gasteiger charge is -2.67. The number of fused-ring (bicyclic) bond motifs is 5. The largest absolute Gasteiger partial charge is 0.467 e. The number of carbonyl (C=O) groups is 6. The minimum atomic E-state index is -2.41. The molecule has 4 aliphatic rings. The molecule has 0 spiro atoms. The smallest absolute Gasteiger partial charge is 0.408 e. The lowest BCUT2D eigenvalue weighted by Crippen LogP contribution is -2.82. The van der Waals surface area contributed by atoms with Gasteiger partial charge in [-0.05, 0) is 70.0 Å². The van der Waals surface area contributed by atoms with Crippen LogP contribution in [0.3, 0.4) is 0 Å². The summed E-state index contributed by atoms with van der Waals surface area (Å²) in [6, 6.07) is 9.15. The Hall–Kier alpha value is -5.10. The highest BCUT2D eigenvalue weighted by atomic mass is 16.6. The van der Waals surface area contributed by atoms with Crippen molar-refractivity contribution in [3.63, 3.8) is 0 Å². The zero-order chi connectivity index (χ0) is 45.0. The molecule has 3 fully saturated rings. The molecule has 2 heterocycles. The van der Waals surface area contributed by atoms with E-state index >= 15 is 4.79 Å². The number of hydrogen-bond donors (Lipinski definition) is 4. The Kier molecular flexibility index (Phi) is 12.1. The minimum Gasteiger partial charge on any atom is -0.467 e. The quantitative estimate of drug-likeness (QED) is 0.151. The summed E-state index contributed by atoms with van der Waals surface area (Å²) in [7, 11) is 0. The standard InChI is InChI=1S/C44H55NO16/c1-10-29(47)58-27-19-28-43(21-56-28,60-23(3)46)34-36(59-37(51)24-15-12-11-13-16-24)44(54)20-26(22(2)30(41(44,7)8)32(48)35(50)42(27,34)9)57-38(52)33(49)31(25-17-14-18-55-25)45-39(53)61-40(4,5)6/h11-18,26-28,31-34,36,48-49,54H,10,19-21H2,1-9H3,(H,45,53)/t26-,27-,28+,31-,32+,33+,34?,36-,42+,43-,44+/m0/s1. The molecule has 1 saturated heterocycles. The Balaban J connectivity index is 1.52. The fourth-order valence-electron chi connectivity index (χ4n) is 9.72. The molecule has 17 heteroatoms. The first-order valence-corrected chi connectivity index (χ1v) is 20.3. The molecule has 332 valence electrons. The molecule has 61 heavy (non-hydrogen) atoms. The van der Waals surface area contributed by atoms with Crippen LogP contribution in [-0.4, -0.2) is 111 Å². The van der Waals surface area contributed by atoms with E-state index < -0.39 is 118 Å². The number of furan rings is 1. The first-order valence-electron chi connectivity index (χ1n) is 20.3. The van der Waals surface area contributed by atoms with Crippen molar-refractivity contribution in [1.29, 1.82) is 0 Å². The van der Waals surface area contributed by atoms with Gasteiger partial charge in [0.1, 0.15) is 53.5 Å². The number of ketones is 1. The number of nitrogens with one attached hydrogen (secondary N) is 1. The summed E-state index contributed by atoms with van der Waals surface area (Å²) in [4.78, 5) is 82.6. The van der Waals surface area contributed by atoms with Crippen molar-refractivity contribution in [2.45, 2.75) is 141 Å². The van der Waals surface area contributed by atoms with E-state index in [9.17, 15) is 39.3 Å². The van der Waals surface area contributed by atoms with E-state index in [-0.39, 0.29) is 41.9 Å². The van der Waals surface area contributed by atoms with Crippen LogP contribution in [0.4, 0.5) is 4.79 Å². The maximum absolute atomic E-state index is 15.3. The van der Waals surface area contributed by atoms with Crippen LogP contribution < -0.4 is 5.32 Å². The van der Waals surface area contributed by atoms with Crippen molar-refractivity contribution in [3.8, 4) is 0 Å². The van der Waals surface area contributed by atoms with Gasteiger partial charge in [-0.1, -0.05) is 39.0 Å². The third-order valence-corrected chi connectivity index (χ3v) is 12.8. The van der Waals surface area contributed by atoms with Gasteiger partial charge in [0.2, 0.25) is 0 Å². The van der Waals surface area contributed by atoms with E-state index in [1.165, 1.54) is 58.2 Å². The highest BCUT2D eigenvalue weighted by molar-refractivity contribution is 5.94. The highest BCUT2D eigenvalue weighted by Gasteiger charge is 2.78. The zero-order valence-electron chi connectivity index (χ0n) is 35.7. The molecule has 2 bridgehead atoms. The number of aliphatic hydroxyl groups excluding tert-OH is 2. The van der Waals surface area contributed by atoms with Crippen molar-refractivity contribution in [2.24, 2.45) is 16.7 Å². The van der Waals surface area contributed by atoms with Gasteiger partial charge in [0.15, 0.2) is 17.5 Å². The summed E-state index contributed by atoms with van der Waals surface area (Å²) < 4.78 is 41.1. The molecular formula is C44H55NO16. The third-order valence-electron chi connectivity index (χ3n) is 12.8. The Labute approximate surface area is 353 Å². The average Bonchev–Trinajstić information content (AvgIpc) is 3.72. The Bertz CT molecular complexity index is 2070. The summed E-state index contributed by atoms with van der Waals surface area (Å²) in [5.41, 5.74) is -8.76. The molecule has 1 amide bonds. The fourth-order valence-corrected chi connectivity index (χ4v) is 9.72. The molecule has 6 rings (SSSR count). The number of Topliss-reactive ketones (excluding diaryl/α,β-unsaturated/α-hetero) is 1. The normalized spacial score (nSPS) is 32.6. The van der Waals surface area contributed by atoms with Gasteiger partial charge >= 0.3 is 30.0 Å². The van der Waals surface area contributed by atoms with Gasteiger partial charge in [-0.2, -0.15) is 0 Å². The summed E-state index contributed by atoms with van der Waals surface area (Å²) >= 11 is 0. The molecule has 2 saturated carbocycles. The minimum absolute atomic E-state index is 0.0317. The maximum atomic E-state index is 15.3. The lowest BCUT2D eigenvalue weighted by atomic mass is 9.44. The number of benzene rings is 1. The third kappa shape index (κ3) is 7.85. The fraction of sp³-hybridized carbons (Fsp3) is 0.591. The number of ether oxygens (including phenoxy) is 6. The van der Waals surface area contributed by atoms with Gasteiger partial charge in [-0.25, -0.2) is 14.4 Å². The number of rotatable bonds is 10. The molecular weight excluding hydrogens is 798 g/mol. The highest BCUT2D eigenvalue weighted by Crippen LogP contribution is 2.64. The number of alkyl carbamates (subject to hydrolysis) is 1. The Morgan fingerprint density at radius 3 is 2.23 bits per heavy atom. The van der Waals surface area contributed by atoms with Crippen molar-refractivity contribution in [1.82, 2.24) is 5.32 Å². The van der Waals surface area contributed by atoms with Crippen LogP contribution >= 0.6 is 0 Å². The summed E-state index contributed by atoms with van der Waals surface area (Å²) in [6.07, 6.45) is -10.5. The van der Waals surface area contributed by atoms with Crippen LogP contribution in [0.1, 0.15) is 104 Å². The SMILES string of the molecule is CCC(=O)O[C@H]1C[C@H]2OC[C@@]2(OC(C)=O)C2[C@H](OC(=O)c3ccccc3)[C@]3(O)C[C@H](OC(=O)[C@H](O)[C@@H](NC(=O)OC(C)(C)C)c4ccco4)C(C)=C([C@@H](O)C(=O)[C@@]21C)C3(C)C. The van der Waals surface area contributed by atoms with Crippen molar-refractivity contribution < 1.29 is 76.9 Å². The number of carbonyl (C=O) groups excluding carboxylic acids is 6. The molecule has 11 atom stereocenters. The van der Waals surface area contributed by atoms with Gasteiger partial charge in [0, 0.05) is 31.6 Å². The van der Waals surface area contributed by atoms with Gasteiger partial charge in [-0.15, -0.1) is 0 Å². The molecule has 3 aliphatic carbocycles. The average molecular weight is 854 g/mol. The van der Waals surface area contributed by atoms with E-state index in [0.717, 1.165) is 6.92 Å². The first kappa shape index (κ1) is 45.4. The molecule has 1 unspecified atom stereocenters. The number of aliphatic hydroxyl groups is 3. The van der Waals surface area contributed by atoms with E-state index in [0.29, 0.717) is 0 Å². The maximum Gasteiger partial charge on any atom is 0.408 e. The molecule has 1 aromatic carbocycles. The first-order chi connectivity index (χ1) is 28.4. The monoisotopic (exact) mass is 853 g/mol. The van der Waals surface area contributed by atoms with Crippen molar-refractivity contribution >= 4 is 35.8 Å². The Morgan fingerprint density at radius 1 is 1.00 bits per heavy atom. The van der Waals surface area contributed by atoms with Crippen LogP contribution in [0.25, 0.3) is 0 Å². The van der Waals surface area contributed by atoms with Crippen LogP contribution in [0.15, 0.2) is 64.3 Å². The molecule has 17 nitrogen and oxygen atoms in total. The van der Waals surface area contributed by atoms with Gasteiger partial charge in [-0.3, -0.25) is 14.4 Å². The van der Waals surface area contributed by atoms with Gasteiger partial charge in [0.25, 0.3) is 0 Å². The summed E-state index contributed by atoms with van der Waals surface area (Å²) in [5.74, 6) is -6.25. The van der Waals surface area contributed by atoms with Crippen molar-refractivity contribution in [3.05, 3.63) is 71.2 Å².